The number of methoxy groups -OCH3 is 3. The van der Waals surface area contributed by atoms with Crippen LogP contribution in [0.15, 0.2) is 83.5 Å². The van der Waals surface area contributed by atoms with Gasteiger partial charge in [0.1, 0.15) is 17.3 Å². The summed E-state index contributed by atoms with van der Waals surface area (Å²) in [6.45, 7) is 0. The Morgan fingerprint density at radius 2 is 1.47 bits per heavy atom. The molecule has 0 fully saturated rings. The zero-order valence-electron chi connectivity index (χ0n) is 18.0. The molecule has 0 bridgehead atoms. The molecule has 0 spiro atoms. The Labute approximate surface area is 185 Å². The van der Waals surface area contributed by atoms with Gasteiger partial charge in [0, 0.05) is 11.1 Å². The molecular weight excluding hydrogens is 408 g/mol. The van der Waals surface area contributed by atoms with E-state index in [1.54, 1.807) is 36.6 Å². The number of rotatable bonds is 8. The maximum absolute atomic E-state index is 13.7. The Kier molecular flexibility index (Phi) is 6.12. The number of hydrogen-bond donors (Lipinski definition) is 0. The third kappa shape index (κ3) is 4.16. The maximum Gasteiger partial charge on any atom is 0.203 e. The highest BCUT2D eigenvalue weighted by Crippen LogP contribution is 2.40. The molecule has 0 N–H and O–H groups in total. The second-order valence-electron chi connectivity index (χ2n) is 6.85. The fourth-order valence-electron chi connectivity index (χ4n) is 3.38. The molecule has 4 rings (SSSR count). The van der Waals surface area contributed by atoms with Gasteiger partial charge < -0.3 is 23.4 Å². The van der Waals surface area contributed by atoms with E-state index >= 15 is 0 Å². The molecule has 0 radical (unpaired) electrons. The average Bonchev–Trinajstić information content (AvgIpc) is 3.38. The first-order valence-corrected chi connectivity index (χ1v) is 9.90. The van der Waals surface area contributed by atoms with E-state index in [4.69, 9.17) is 23.4 Å². The lowest BCUT2D eigenvalue weighted by Gasteiger charge is -2.15. The van der Waals surface area contributed by atoms with Gasteiger partial charge in [0.05, 0.1) is 33.2 Å². The molecule has 0 aliphatic heterocycles. The highest BCUT2D eigenvalue weighted by atomic mass is 16.5. The highest BCUT2D eigenvalue weighted by Gasteiger charge is 2.22. The van der Waals surface area contributed by atoms with E-state index in [0.717, 1.165) is 5.56 Å². The summed E-state index contributed by atoms with van der Waals surface area (Å²) in [7, 11) is 4.53. The number of benzene rings is 3. The Morgan fingerprint density at radius 3 is 2.06 bits per heavy atom. The van der Waals surface area contributed by atoms with Crippen LogP contribution in [-0.4, -0.2) is 27.1 Å². The molecule has 4 aromatic rings. The van der Waals surface area contributed by atoms with Gasteiger partial charge >= 0.3 is 0 Å². The number of carbonyl (C=O) groups excluding carboxylic acids is 1. The van der Waals surface area contributed by atoms with Crippen LogP contribution in [0.1, 0.15) is 15.9 Å². The average molecular weight is 430 g/mol. The Balaban J connectivity index is 1.83. The predicted octanol–water partition coefficient (Wildman–Crippen LogP) is 6.00. The van der Waals surface area contributed by atoms with Crippen molar-refractivity contribution in [1.82, 2.24) is 0 Å². The summed E-state index contributed by atoms with van der Waals surface area (Å²) in [5, 5.41) is 0. The molecule has 6 heteroatoms. The van der Waals surface area contributed by atoms with Crippen LogP contribution in [0.4, 0.5) is 0 Å². The van der Waals surface area contributed by atoms with E-state index in [0.29, 0.717) is 45.6 Å². The Morgan fingerprint density at radius 1 is 0.750 bits per heavy atom. The summed E-state index contributed by atoms with van der Waals surface area (Å²) in [6.07, 6.45) is 1.59. The zero-order chi connectivity index (χ0) is 22.5. The molecule has 32 heavy (non-hydrogen) atoms. The summed E-state index contributed by atoms with van der Waals surface area (Å²) in [5.41, 5.74) is 1.50. The van der Waals surface area contributed by atoms with Crippen molar-refractivity contribution in [2.45, 2.75) is 0 Å². The third-order valence-corrected chi connectivity index (χ3v) is 4.93. The molecular formula is C26H22O6. The largest absolute Gasteiger partial charge is 0.493 e. The van der Waals surface area contributed by atoms with Crippen molar-refractivity contribution < 1.29 is 28.2 Å². The number of ether oxygens (including phenoxy) is 4. The first-order chi connectivity index (χ1) is 15.6. The summed E-state index contributed by atoms with van der Waals surface area (Å²) in [4.78, 5) is 13.7. The number of hydrogen-bond acceptors (Lipinski definition) is 6. The van der Waals surface area contributed by atoms with Crippen LogP contribution in [0.2, 0.25) is 0 Å². The van der Waals surface area contributed by atoms with E-state index in [1.165, 1.54) is 21.3 Å². The van der Waals surface area contributed by atoms with Crippen LogP contribution in [0.3, 0.4) is 0 Å². The van der Waals surface area contributed by atoms with Crippen LogP contribution >= 0.6 is 0 Å². The number of ketones is 1. The van der Waals surface area contributed by atoms with E-state index in [2.05, 4.69) is 0 Å². The van der Waals surface area contributed by atoms with Crippen molar-refractivity contribution in [2.75, 3.05) is 21.3 Å². The summed E-state index contributed by atoms with van der Waals surface area (Å²) in [6, 6.07) is 21.5. The van der Waals surface area contributed by atoms with Crippen molar-refractivity contribution in [1.29, 1.82) is 0 Å². The first-order valence-electron chi connectivity index (χ1n) is 9.90. The second-order valence-corrected chi connectivity index (χ2v) is 6.85. The van der Waals surface area contributed by atoms with Crippen LogP contribution in [0, 0.1) is 0 Å². The monoisotopic (exact) mass is 430 g/mol. The maximum atomic E-state index is 13.7. The van der Waals surface area contributed by atoms with Crippen LogP contribution in [0.5, 0.6) is 28.7 Å². The minimum Gasteiger partial charge on any atom is -0.493 e. The van der Waals surface area contributed by atoms with Gasteiger partial charge in [0.25, 0.3) is 0 Å². The molecule has 1 heterocycles. The molecule has 0 saturated heterocycles. The third-order valence-electron chi connectivity index (χ3n) is 4.93. The molecule has 0 saturated carbocycles. The van der Waals surface area contributed by atoms with E-state index < -0.39 is 0 Å². The fraction of sp³-hybridized carbons (Fsp3) is 0.115. The van der Waals surface area contributed by atoms with Gasteiger partial charge in [0.2, 0.25) is 5.75 Å². The van der Waals surface area contributed by atoms with Crippen molar-refractivity contribution in [3.8, 4) is 40.1 Å². The van der Waals surface area contributed by atoms with Crippen molar-refractivity contribution >= 4 is 5.78 Å². The molecule has 0 aliphatic rings. The number of furan rings is 1. The van der Waals surface area contributed by atoms with Gasteiger partial charge in [-0.2, -0.15) is 0 Å². The molecule has 0 amide bonds. The Hall–Kier alpha value is -4.19. The molecule has 0 atom stereocenters. The quantitative estimate of drug-likeness (QED) is 0.320. The lowest BCUT2D eigenvalue weighted by molar-refractivity contribution is 0.103. The van der Waals surface area contributed by atoms with Gasteiger partial charge in [-0.05, 0) is 54.6 Å². The van der Waals surface area contributed by atoms with Crippen molar-refractivity contribution in [2.24, 2.45) is 0 Å². The first kappa shape index (κ1) is 21.1. The Bertz CT molecular complexity index is 1190. The number of para-hydroxylation sites is 1. The van der Waals surface area contributed by atoms with Crippen molar-refractivity contribution in [3.05, 3.63) is 90.2 Å². The standard InChI is InChI=1S/C26H22O6/c1-28-23-15-18(16-24(29-2)26(23)30-3)25(27)20-14-17(21-10-7-13-31-21)11-12-22(20)32-19-8-5-4-6-9-19/h4-16H,1-3H3. The molecule has 6 nitrogen and oxygen atoms in total. The second kappa shape index (κ2) is 9.31. The lowest BCUT2D eigenvalue weighted by atomic mass is 9.98. The zero-order valence-corrected chi connectivity index (χ0v) is 18.0. The molecule has 3 aromatic carbocycles. The number of carbonyl (C=O) groups is 1. The molecule has 0 aliphatic carbocycles. The summed E-state index contributed by atoms with van der Waals surface area (Å²) >= 11 is 0. The van der Waals surface area contributed by atoms with Crippen LogP contribution in [0.25, 0.3) is 11.3 Å². The highest BCUT2D eigenvalue weighted by molar-refractivity contribution is 6.12. The molecule has 0 unspecified atom stereocenters. The molecule has 162 valence electrons. The van der Waals surface area contributed by atoms with E-state index in [-0.39, 0.29) is 5.78 Å². The van der Waals surface area contributed by atoms with Gasteiger partial charge in [0.15, 0.2) is 17.3 Å². The van der Waals surface area contributed by atoms with Crippen LogP contribution < -0.4 is 18.9 Å². The topological polar surface area (TPSA) is 67.1 Å². The van der Waals surface area contributed by atoms with E-state index in [9.17, 15) is 4.79 Å². The van der Waals surface area contributed by atoms with E-state index in [1.807, 2.05) is 42.5 Å². The predicted molar refractivity (Wildman–Crippen MR) is 120 cm³/mol. The normalized spacial score (nSPS) is 10.5. The fourth-order valence-corrected chi connectivity index (χ4v) is 3.38. The lowest BCUT2D eigenvalue weighted by Crippen LogP contribution is -2.06. The minimum absolute atomic E-state index is 0.261. The summed E-state index contributed by atoms with van der Waals surface area (Å²) < 4.78 is 27.7. The van der Waals surface area contributed by atoms with Crippen molar-refractivity contribution in [3.63, 3.8) is 0 Å². The van der Waals surface area contributed by atoms with Gasteiger partial charge in [-0.15, -0.1) is 0 Å². The smallest absolute Gasteiger partial charge is 0.203 e. The minimum atomic E-state index is -0.261. The van der Waals surface area contributed by atoms with Gasteiger partial charge in [-0.1, -0.05) is 18.2 Å². The van der Waals surface area contributed by atoms with Gasteiger partial charge in [-0.3, -0.25) is 4.79 Å². The van der Waals surface area contributed by atoms with Crippen LogP contribution in [-0.2, 0) is 0 Å². The summed E-state index contributed by atoms with van der Waals surface area (Å²) in [5.74, 6) is 2.63. The molecule has 1 aromatic heterocycles. The SMILES string of the molecule is COc1cc(C(=O)c2cc(-c3ccco3)ccc2Oc2ccccc2)cc(OC)c1OC. The van der Waals surface area contributed by atoms with Gasteiger partial charge in [-0.25, -0.2) is 0 Å².